The second-order valence-corrected chi connectivity index (χ2v) is 5.40. The Labute approximate surface area is 119 Å². The molecule has 4 heteroatoms. The van der Waals surface area contributed by atoms with E-state index in [-0.39, 0.29) is 6.61 Å². The van der Waals surface area contributed by atoms with Crippen LogP contribution < -0.4 is 4.90 Å². The van der Waals surface area contributed by atoms with Crippen molar-refractivity contribution in [1.82, 2.24) is 5.16 Å². The molecule has 1 unspecified atom stereocenters. The Morgan fingerprint density at radius 1 is 1.40 bits per heavy atom. The van der Waals surface area contributed by atoms with Gasteiger partial charge in [-0.15, -0.1) is 0 Å². The number of aliphatic hydroxyl groups excluding tert-OH is 1. The van der Waals surface area contributed by atoms with Crippen LogP contribution in [0.5, 0.6) is 0 Å². The van der Waals surface area contributed by atoms with E-state index in [0.717, 1.165) is 30.7 Å². The van der Waals surface area contributed by atoms with E-state index in [0.29, 0.717) is 12.6 Å². The molecular weight excluding hydrogens is 252 g/mol. The van der Waals surface area contributed by atoms with E-state index in [1.807, 2.05) is 13.0 Å². The molecule has 1 aromatic heterocycles. The molecule has 106 valence electrons. The molecule has 1 atom stereocenters. The first kappa shape index (κ1) is 13.2. The first-order valence-electron chi connectivity index (χ1n) is 7.15. The first-order valence-corrected chi connectivity index (χ1v) is 7.15. The summed E-state index contributed by atoms with van der Waals surface area (Å²) in [6.07, 6.45) is 2.94. The number of aliphatic hydroxyl groups is 1. The van der Waals surface area contributed by atoms with Gasteiger partial charge in [0.05, 0.1) is 12.2 Å². The number of para-hydroxylation sites is 1. The highest BCUT2D eigenvalue weighted by molar-refractivity contribution is 5.56. The minimum absolute atomic E-state index is 0.221. The molecule has 0 amide bonds. The van der Waals surface area contributed by atoms with E-state index < -0.39 is 0 Å². The Bertz CT molecular complexity index is 579. The molecule has 0 saturated carbocycles. The average Bonchev–Trinajstić information content (AvgIpc) is 2.87. The molecule has 1 N–H and O–H groups in total. The summed E-state index contributed by atoms with van der Waals surface area (Å²) in [6.45, 7) is 2.86. The van der Waals surface area contributed by atoms with Crippen LogP contribution in [0.3, 0.4) is 0 Å². The quantitative estimate of drug-likeness (QED) is 0.929. The number of anilines is 1. The van der Waals surface area contributed by atoms with Crippen molar-refractivity contribution in [1.29, 1.82) is 0 Å². The van der Waals surface area contributed by atoms with Gasteiger partial charge < -0.3 is 14.5 Å². The Morgan fingerprint density at radius 3 is 3.00 bits per heavy atom. The number of nitrogens with zero attached hydrogens (tertiary/aromatic N) is 2. The van der Waals surface area contributed by atoms with Gasteiger partial charge in [0, 0.05) is 24.4 Å². The maximum absolute atomic E-state index is 9.29. The topological polar surface area (TPSA) is 49.5 Å². The minimum Gasteiger partial charge on any atom is -0.396 e. The van der Waals surface area contributed by atoms with Crippen LogP contribution >= 0.6 is 0 Å². The SMILES string of the molecule is Cc1cc(CN2c3ccccc3CCC2CCO)on1. The molecule has 0 bridgehead atoms. The Balaban J connectivity index is 1.90. The second-order valence-electron chi connectivity index (χ2n) is 5.40. The van der Waals surface area contributed by atoms with Crippen molar-refractivity contribution < 1.29 is 9.63 Å². The van der Waals surface area contributed by atoms with E-state index in [2.05, 4.69) is 34.3 Å². The molecule has 0 radical (unpaired) electrons. The average molecular weight is 272 g/mol. The summed E-state index contributed by atoms with van der Waals surface area (Å²) < 4.78 is 5.35. The fraction of sp³-hybridized carbons (Fsp3) is 0.438. The lowest BCUT2D eigenvalue weighted by Crippen LogP contribution is -2.39. The molecule has 0 aliphatic carbocycles. The van der Waals surface area contributed by atoms with Gasteiger partial charge >= 0.3 is 0 Å². The summed E-state index contributed by atoms with van der Waals surface area (Å²) in [5.74, 6) is 0.877. The van der Waals surface area contributed by atoms with Gasteiger partial charge in [0.25, 0.3) is 0 Å². The largest absolute Gasteiger partial charge is 0.396 e. The van der Waals surface area contributed by atoms with Crippen LogP contribution in [-0.4, -0.2) is 22.9 Å². The van der Waals surface area contributed by atoms with Crippen molar-refractivity contribution in [3.8, 4) is 0 Å². The summed E-state index contributed by atoms with van der Waals surface area (Å²) in [5, 5.41) is 13.3. The van der Waals surface area contributed by atoms with Gasteiger partial charge in [0.1, 0.15) is 0 Å². The van der Waals surface area contributed by atoms with Gasteiger partial charge in [-0.2, -0.15) is 0 Å². The number of hydrogen-bond acceptors (Lipinski definition) is 4. The number of aromatic nitrogens is 1. The highest BCUT2D eigenvalue weighted by Crippen LogP contribution is 2.33. The van der Waals surface area contributed by atoms with Crippen LogP contribution in [0.4, 0.5) is 5.69 Å². The molecule has 0 fully saturated rings. The second kappa shape index (κ2) is 5.67. The van der Waals surface area contributed by atoms with Crippen LogP contribution in [0.1, 0.15) is 29.9 Å². The summed E-state index contributed by atoms with van der Waals surface area (Å²) in [6, 6.07) is 10.8. The number of aryl methyl sites for hydroxylation is 2. The fourth-order valence-electron chi connectivity index (χ4n) is 3.00. The van der Waals surface area contributed by atoms with Gasteiger partial charge in [0.15, 0.2) is 5.76 Å². The van der Waals surface area contributed by atoms with E-state index in [9.17, 15) is 5.11 Å². The zero-order valence-corrected chi connectivity index (χ0v) is 11.7. The molecule has 0 saturated heterocycles. The Kier molecular flexibility index (Phi) is 3.74. The van der Waals surface area contributed by atoms with Crippen LogP contribution in [0, 0.1) is 6.92 Å². The summed E-state index contributed by atoms with van der Waals surface area (Å²) in [5.41, 5.74) is 3.54. The van der Waals surface area contributed by atoms with Gasteiger partial charge in [-0.25, -0.2) is 0 Å². The Morgan fingerprint density at radius 2 is 2.25 bits per heavy atom. The zero-order valence-electron chi connectivity index (χ0n) is 11.7. The highest BCUT2D eigenvalue weighted by atomic mass is 16.5. The molecular formula is C16H20N2O2. The highest BCUT2D eigenvalue weighted by Gasteiger charge is 2.26. The van der Waals surface area contributed by atoms with Crippen LogP contribution in [0.2, 0.25) is 0 Å². The third-order valence-electron chi connectivity index (χ3n) is 3.95. The lowest BCUT2D eigenvalue weighted by Gasteiger charge is -2.38. The van der Waals surface area contributed by atoms with Crippen molar-refractivity contribution in [3.05, 3.63) is 47.3 Å². The normalized spacial score (nSPS) is 18.1. The van der Waals surface area contributed by atoms with Crippen molar-refractivity contribution in [2.24, 2.45) is 0 Å². The van der Waals surface area contributed by atoms with Crippen molar-refractivity contribution >= 4 is 5.69 Å². The number of rotatable bonds is 4. The van der Waals surface area contributed by atoms with Gasteiger partial charge in [0.2, 0.25) is 0 Å². The third kappa shape index (κ3) is 2.56. The summed E-state index contributed by atoms with van der Waals surface area (Å²) >= 11 is 0. The molecule has 2 heterocycles. The van der Waals surface area contributed by atoms with Crippen LogP contribution in [0.15, 0.2) is 34.9 Å². The van der Waals surface area contributed by atoms with Crippen LogP contribution in [-0.2, 0) is 13.0 Å². The first-order chi connectivity index (χ1) is 9.78. The molecule has 20 heavy (non-hydrogen) atoms. The monoisotopic (exact) mass is 272 g/mol. The van der Waals surface area contributed by atoms with Gasteiger partial charge in [-0.3, -0.25) is 0 Å². The summed E-state index contributed by atoms with van der Waals surface area (Å²) in [4.78, 5) is 2.34. The molecule has 0 spiro atoms. The van der Waals surface area contributed by atoms with Crippen molar-refractivity contribution in [2.75, 3.05) is 11.5 Å². The molecule has 1 aromatic carbocycles. The molecule has 2 aromatic rings. The lowest BCUT2D eigenvalue weighted by atomic mass is 9.94. The van der Waals surface area contributed by atoms with E-state index in [1.54, 1.807) is 0 Å². The standard InChI is InChI=1S/C16H20N2O2/c1-12-10-15(20-17-12)11-18-14(8-9-19)7-6-13-4-2-3-5-16(13)18/h2-5,10,14,19H,6-9,11H2,1H3. The minimum atomic E-state index is 0.221. The lowest BCUT2D eigenvalue weighted by molar-refractivity contribution is 0.265. The smallest absolute Gasteiger partial charge is 0.156 e. The maximum Gasteiger partial charge on any atom is 0.156 e. The number of hydrogen-bond donors (Lipinski definition) is 1. The van der Waals surface area contributed by atoms with Crippen molar-refractivity contribution in [2.45, 2.75) is 38.8 Å². The zero-order chi connectivity index (χ0) is 13.9. The predicted molar refractivity (Wildman–Crippen MR) is 77.7 cm³/mol. The molecule has 3 rings (SSSR count). The fourth-order valence-corrected chi connectivity index (χ4v) is 3.00. The van der Waals surface area contributed by atoms with Gasteiger partial charge in [-0.05, 0) is 37.8 Å². The number of benzene rings is 1. The Hall–Kier alpha value is -1.81. The predicted octanol–water partition coefficient (Wildman–Crippen LogP) is 2.69. The molecule has 1 aliphatic rings. The van der Waals surface area contributed by atoms with E-state index >= 15 is 0 Å². The van der Waals surface area contributed by atoms with E-state index in [1.165, 1.54) is 11.3 Å². The van der Waals surface area contributed by atoms with E-state index in [4.69, 9.17) is 4.52 Å². The van der Waals surface area contributed by atoms with Crippen molar-refractivity contribution in [3.63, 3.8) is 0 Å². The van der Waals surface area contributed by atoms with Gasteiger partial charge in [-0.1, -0.05) is 23.4 Å². The number of fused-ring (bicyclic) bond motifs is 1. The third-order valence-corrected chi connectivity index (χ3v) is 3.95. The summed E-state index contributed by atoms with van der Waals surface area (Å²) in [7, 11) is 0. The molecule has 4 nitrogen and oxygen atoms in total. The molecule has 1 aliphatic heterocycles. The maximum atomic E-state index is 9.29. The van der Waals surface area contributed by atoms with Crippen LogP contribution in [0.25, 0.3) is 0 Å².